The average molecular weight is 350 g/mol. The van der Waals surface area contributed by atoms with E-state index in [0.29, 0.717) is 19.3 Å². The highest BCUT2D eigenvalue weighted by atomic mass is 32.2. The van der Waals surface area contributed by atoms with Crippen LogP contribution < -0.4 is 0 Å². The molecule has 2 atom stereocenters. The van der Waals surface area contributed by atoms with Gasteiger partial charge in [0, 0.05) is 0 Å². The maximum Gasteiger partial charge on any atom is 0.264 e. The predicted octanol–water partition coefficient (Wildman–Crippen LogP) is 2.24. The zero-order valence-corrected chi connectivity index (χ0v) is 14.6. The van der Waals surface area contributed by atoms with Crippen LogP contribution in [-0.4, -0.2) is 35.5 Å². The van der Waals surface area contributed by atoms with Crippen LogP contribution in [0.3, 0.4) is 0 Å². The lowest BCUT2D eigenvalue weighted by atomic mass is 10.0. The third kappa shape index (κ3) is 7.88. The van der Waals surface area contributed by atoms with Crippen LogP contribution in [0, 0.1) is 0 Å². The first-order chi connectivity index (χ1) is 10.1. The molecule has 0 unspecified atom stereocenters. The van der Waals surface area contributed by atoms with Crippen molar-refractivity contribution in [3.63, 3.8) is 0 Å². The molecule has 0 heterocycles. The fourth-order valence-corrected chi connectivity index (χ4v) is 3.41. The molecule has 0 aliphatic heterocycles. The Morgan fingerprint density at radius 3 is 1.91 bits per heavy atom. The highest BCUT2D eigenvalue weighted by Gasteiger charge is 2.21. The second-order valence-electron chi connectivity index (χ2n) is 5.11. The first-order valence-corrected chi connectivity index (χ1v) is 10.6. The van der Waals surface area contributed by atoms with E-state index in [1.54, 1.807) is 24.3 Å². The molecule has 0 radical (unpaired) electrons. The van der Waals surface area contributed by atoms with E-state index in [9.17, 15) is 16.8 Å². The van der Waals surface area contributed by atoms with E-state index in [-0.39, 0.29) is 0 Å². The molecule has 0 aromatic heterocycles. The molecule has 1 rings (SSSR count). The van der Waals surface area contributed by atoms with Gasteiger partial charge in [0.2, 0.25) is 0 Å². The summed E-state index contributed by atoms with van der Waals surface area (Å²) in [6.07, 6.45) is 2.06. The second-order valence-corrected chi connectivity index (χ2v) is 8.31. The zero-order chi connectivity index (χ0) is 16.8. The minimum atomic E-state index is -3.62. The maximum atomic E-state index is 11.4. The molecule has 0 spiro atoms. The van der Waals surface area contributed by atoms with Gasteiger partial charge in [-0.05, 0) is 24.8 Å². The van der Waals surface area contributed by atoms with E-state index in [2.05, 4.69) is 0 Å². The highest BCUT2D eigenvalue weighted by Crippen LogP contribution is 2.26. The standard InChI is InChI=1S/C14H22O6S2/c1-4-13(19-21(2,15)16)10-11-14(20-22(3,17)18)12-8-6-5-7-9-12/h5-9,13-14H,4,10-11H2,1-3H3/t13-,14-/m1/s1. The van der Waals surface area contributed by atoms with Crippen LogP contribution in [0.4, 0.5) is 0 Å². The molecule has 22 heavy (non-hydrogen) atoms. The number of hydrogen-bond acceptors (Lipinski definition) is 6. The minimum absolute atomic E-state index is 0.338. The van der Waals surface area contributed by atoms with Crippen molar-refractivity contribution in [1.82, 2.24) is 0 Å². The van der Waals surface area contributed by atoms with Crippen molar-refractivity contribution in [1.29, 1.82) is 0 Å². The monoisotopic (exact) mass is 350 g/mol. The van der Waals surface area contributed by atoms with Crippen molar-refractivity contribution in [2.45, 2.75) is 38.4 Å². The molecule has 0 saturated carbocycles. The van der Waals surface area contributed by atoms with E-state index in [4.69, 9.17) is 8.37 Å². The van der Waals surface area contributed by atoms with Crippen LogP contribution in [0.15, 0.2) is 30.3 Å². The molecule has 1 aromatic carbocycles. The molecule has 0 bridgehead atoms. The van der Waals surface area contributed by atoms with Gasteiger partial charge in [-0.15, -0.1) is 0 Å². The second kappa shape index (κ2) is 8.05. The summed E-state index contributed by atoms with van der Waals surface area (Å²) in [5.41, 5.74) is 0.724. The summed E-state index contributed by atoms with van der Waals surface area (Å²) in [5, 5.41) is 0. The van der Waals surface area contributed by atoms with Crippen LogP contribution in [0.25, 0.3) is 0 Å². The first-order valence-electron chi connectivity index (χ1n) is 6.92. The lowest BCUT2D eigenvalue weighted by Gasteiger charge is -2.20. The molecule has 126 valence electrons. The quantitative estimate of drug-likeness (QED) is 0.635. The Labute approximate surface area is 132 Å². The van der Waals surface area contributed by atoms with Gasteiger partial charge in [0.15, 0.2) is 0 Å². The molecule has 0 fully saturated rings. The van der Waals surface area contributed by atoms with Crippen molar-refractivity contribution >= 4 is 20.2 Å². The average Bonchev–Trinajstić information content (AvgIpc) is 2.40. The third-order valence-corrected chi connectivity index (χ3v) is 4.18. The van der Waals surface area contributed by atoms with Crippen molar-refractivity contribution in [2.75, 3.05) is 12.5 Å². The van der Waals surface area contributed by atoms with Gasteiger partial charge in [0.25, 0.3) is 20.2 Å². The molecular weight excluding hydrogens is 328 g/mol. The van der Waals surface area contributed by atoms with Gasteiger partial charge in [0.1, 0.15) is 6.10 Å². The van der Waals surface area contributed by atoms with Crippen molar-refractivity contribution in [2.24, 2.45) is 0 Å². The fourth-order valence-electron chi connectivity index (χ4n) is 2.05. The molecule has 0 N–H and O–H groups in total. The Bertz CT molecular complexity index is 652. The van der Waals surface area contributed by atoms with E-state index in [0.717, 1.165) is 18.1 Å². The van der Waals surface area contributed by atoms with Crippen LogP contribution in [0.2, 0.25) is 0 Å². The number of benzene rings is 1. The van der Waals surface area contributed by atoms with E-state index < -0.39 is 32.4 Å². The van der Waals surface area contributed by atoms with Gasteiger partial charge in [-0.3, -0.25) is 8.37 Å². The normalized spacial score (nSPS) is 15.4. The summed E-state index contributed by atoms with van der Waals surface area (Å²) in [4.78, 5) is 0. The molecule has 1 aromatic rings. The van der Waals surface area contributed by atoms with Crippen molar-refractivity contribution < 1.29 is 25.2 Å². The number of hydrogen-bond donors (Lipinski definition) is 0. The Hall–Kier alpha value is -0.960. The summed E-state index contributed by atoms with van der Waals surface area (Å²) >= 11 is 0. The van der Waals surface area contributed by atoms with Gasteiger partial charge in [-0.25, -0.2) is 0 Å². The maximum absolute atomic E-state index is 11.4. The molecule has 0 aliphatic carbocycles. The lowest BCUT2D eigenvalue weighted by molar-refractivity contribution is 0.149. The summed E-state index contributed by atoms with van der Waals surface area (Å²) in [7, 11) is -7.16. The van der Waals surface area contributed by atoms with Crippen LogP contribution >= 0.6 is 0 Å². The van der Waals surface area contributed by atoms with Crippen LogP contribution in [0.5, 0.6) is 0 Å². The van der Waals surface area contributed by atoms with Crippen LogP contribution in [0.1, 0.15) is 37.9 Å². The molecule has 8 heteroatoms. The van der Waals surface area contributed by atoms with Crippen molar-refractivity contribution in [3.05, 3.63) is 35.9 Å². The van der Waals surface area contributed by atoms with Crippen molar-refractivity contribution in [3.8, 4) is 0 Å². The minimum Gasteiger partial charge on any atom is -0.267 e. The molecule has 0 aliphatic rings. The zero-order valence-electron chi connectivity index (χ0n) is 12.9. The SMILES string of the molecule is CC[C@H](CC[C@@H](OS(C)(=O)=O)c1ccccc1)OS(C)(=O)=O. The summed E-state index contributed by atoms with van der Waals surface area (Å²) < 4.78 is 55.3. The van der Waals surface area contributed by atoms with Gasteiger partial charge in [-0.1, -0.05) is 37.3 Å². The highest BCUT2D eigenvalue weighted by molar-refractivity contribution is 7.86. The summed E-state index contributed by atoms with van der Waals surface area (Å²) in [5.74, 6) is 0. The lowest BCUT2D eigenvalue weighted by Crippen LogP contribution is -2.19. The molecule has 0 saturated heterocycles. The third-order valence-electron chi connectivity index (χ3n) is 2.98. The van der Waals surface area contributed by atoms with Gasteiger partial charge < -0.3 is 0 Å². The van der Waals surface area contributed by atoms with E-state index in [1.165, 1.54) is 0 Å². The predicted molar refractivity (Wildman–Crippen MR) is 84.4 cm³/mol. The largest absolute Gasteiger partial charge is 0.267 e. The fraction of sp³-hybridized carbons (Fsp3) is 0.571. The molecule has 0 amide bonds. The molecular formula is C14H22O6S2. The van der Waals surface area contributed by atoms with Gasteiger partial charge in [0.05, 0.1) is 18.6 Å². The Morgan fingerprint density at radius 1 is 0.909 bits per heavy atom. The summed E-state index contributed by atoms with van der Waals surface area (Å²) in [6, 6.07) is 8.95. The Morgan fingerprint density at radius 2 is 1.45 bits per heavy atom. The first kappa shape index (κ1) is 19.1. The van der Waals surface area contributed by atoms with Gasteiger partial charge in [-0.2, -0.15) is 16.8 Å². The topological polar surface area (TPSA) is 86.7 Å². The van der Waals surface area contributed by atoms with Crippen LogP contribution in [-0.2, 0) is 28.6 Å². The van der Waals surface area contributed by atoms with E-state index in [1.807, 2.05) is 13.0 Å². The summed E-state index contributed by atoms with van der Waals surface area (Å²) in [6.45, 7) is 1.81. The Balaban J connectivity index is 2.81. The smallest absolute Gasteiger partial charge is 0.264 e. The number of rotatable bonds is 9. The molecule has 6 nitrogen and oxygen atoms in total. The van der Waals surface area contributed by atoms with Gasteiger partial charge >= 0.3 is 0 Å². The van der Waals surface area contributed by atoms with E-state index >= 15 is 0 Å². The Kier molecular flexibility index (Phi) is 6.98.